The van der Waals surface area contributed by atoms with Crippen molar-refractivity contribution in [2.75, 3.05) is 12.8 Å². The maximum Gasteiger partial charge on any atom is 0.242 e. The number of halogens is 1. The molecule has 2 fully saturated rings. The van der Waals surface area contributed by atoms with Crippen LogP contribution >= 0.6 is 11.6 Å². The highest BCUT2D eigenvalue weighted by Crippen LogP contribution is 2.34. The Kier molecular flexibility index (Phi) is 4.72. The van der Waals surface area contributed by atoms with Crippen molar-refractivity contribution in [3.05, 3.63) is 23.2 Å². The predicted molar refractivity (Wildman–Crippen MR) is 92.5 cm³/mol. The van der Waals surface area contributed by atoms with E-state index in [4.69, 9.17) is 11.6 Å². The van der Waals surface area contributed by atoms with Gasteiger partial charge in [0.25, 0.3) is 0 Å². The van der Waals surface area contributed by atoms with Crippen molar-refractivity contribution in [1.29, 1.82) is 0 Å². The summed E-state index contributed by atoms with van der Waals surface area (Å²) in [6.45, 7) is 2.78. The Labute approximate surface area is 148 Å². The minimum absolute atomic E-state index is 0.0139. The summed E-state index contributed by atoms with van der Waals surface area (Å²) >= 11 is 6.01. The molecule has 0 aromatic heterocycles. The van der Waals surface area contributed by atoms with Gasteiger partial charge in [-0.3, -0.25) is 4.90 Å². The van der Waals surface area contributed by atoms with Gasteiger partial charge in [0, 0.05) is 30.9 Å². The lowest BCUT2D eigenvalue weighted by Crippen LogP contribution is -2.37. The van der Waals surface area contributed by atoms with Crippen LogP contribution in [0.1, 0.15) is 26.2 Å². The van der Waals surface area contributed by atoms with Crippen LogP contribution in [-0.4, -0.2) is 52.7 Å². The van der Waals surface area contributed by atoms with Crippen molar-refractivity contribution in [3.63, 3.8) is 0 Å². The van der Waals surface area contributed by atoms with E-state index in [1.54, 1.807) is 0 Å². The summed E-state index contributed by atoms with van der Waals surface area (Å²) in [6.07, 6.45) is 4.11. The predicted octanol–water partition coefficient (Wildman–Crippen LogP) is 1.65. The quantitative estimate of drug-likeness (QED) is 0.823. The topological polar surface area (TPSA) is 83.5 Å². The molecular weight excluding hydrogens is 372 g/mol. The van der Waals surface area contributed by atoms with Crippen LogP contribution in [0.15, 0.2) is 28.0 Å². The number of sulfone groups is 1. The van der Waals surface area contributed by atoms with E-state index < -0.39 is 19.9 Å². The van der Waals surface area contributed by atoms with Crippen LogP contribution in [0.3, 0.4) is 0 Å². The molecule has 1 heterocycles. The van der Waals surface area contributed by atoms with E-state index in [9.17, 15) is 16.8 Å². The SMILES string of the molecule is CC1CC(NS(=O)(=O)c2cc(S(C)(=O)=O)ccc2Cl)CN1C1CC1. The second-order valence-corrected chi connectivity index (χ2v) is 10.8. The Balaban J connectivity index is 1.83. The lowest BCUT2D eigenvalue weighted by molar-refractivity contribution is 0.256. The molecule has 1 aromatic carbocycles. The maximum absolute atomic E-state index is 12.7. The van der Waals surface area contributed by atoms with Crippen LogP contribution in [-0.2, 0) is 19.9 Å². The minimum atomic E-state index is -3.88. The zero-order valence-corrected chi connectivity index (χ0v) is 16.0. The molecule has 1 aromatic rings. The lowest BCUT2D eigenvalue weighted by Gasteiger charge is -2.19. The number of hydrogen-bond donors (Lipinski definition) is 1. The molecule has 0 spiro atoms. The summed E-state index contributed by atoms with van der Waals surface area (Å²) in [7, 11) is -7.39. The average molecular weight is 393 g/mol. The Hall–Kier alpha value is -0.670. The molecule has 0 radical (unpaired) electrons. The van der Waals surface area contributed by atoms with Crippen molar-refractivity contribution in [3.8, 4) is 0 Å². The van der Waals surface area contributed by atoms with Crippen molar-refractivity contribution < 1.29 is 16.8 Å². The first-order chi connectivity index (χ1) is 11.1. The van der Waals surface area contributed by atoms with Gasteiger partial charge in [0.1, 0.15) is 4.90 Å². The first-order valence-corrected chi connectivity index (χ1v) is 11.6. The van der Waals surface area contributed by atoms with E-state index in [2.05, 4.69) is 16.5 Å². The monoisotopic (exact) mass is 392 g/mol. The normalized spacial score (nSPS) is 26.0. The third kappa shape index (κ3) is 3.77. The number of sulfonamides is 1. The largest absolute Gasteiger partial charge is 0.296 e. The Morgan fingerprint density at radius 2 is 1.88 bits per heavy atom. The first-order valence-electron chi connectivity index (χ1n) is 7.85. The van der Waals surface area contributed by atoms with E-state index in [1.807, 2.05) is 0 Å². The molecule has 134 valence electrons. The standard InChI is InChI=1S/C15H21ClN2O4S2/c1-10-7-11(9-18(10)12-3-4-12)17-24(21,22)15-8-13(23(2,19)20)5-6-14(15)16/h5-6,8,10-12,17H,3-4,7,9H2,1-2H3. The average Bonchev–Trinajstić information content (AvgIpc) is 3.22. The van der Waals surface area contributed by atoms with Crippen LogP contribution in [0.4, 0.5) is 0 Å². The fourth-order valence-corrected chi connectivity index (χ4v) is 5.75. The third-order valence-electron chi connectivity index (χ3n) is 4.58. The number of benzene rings is 1. The smallest absolute Gasteiger partial charge is 0.242 e. The van der Waals surface area contributed by atoms with Gasteiger partial charge in [-0.15, -0.1) is 0 Å². The highest BCUT2D eigenvalue weighted by molar-refractivity contribution is 7.91. The minimum Gasteiger partial charge on any atom is -0.296 e. The molecule has 2 aliphatic rings. The second-order valence-electron chi connectivity index (χ2n) is 6.70. The fourth-order valence-electron chi connectivity index (χ4n) is 3.26. The molecule has 24 heavy (non-hydrogen) atoms. The van der Waals surface area contributed by atoms with Gasteiger partial charge in [0.15, 0.2) is 9.84 Å². The summed E-state index contributed by atoms with van der Waals surface area (Å²) in [5.41, 5.74) is 0. The van der Waals surface area contributed by atoms with E-state index in [0.717, 1.165) is 18.7 Å². The summed E-state index contributed by atoms with van der Waals surface area (Å²) in [6, 6.07) is 4.46. The van der Waals surface area contributed by atoms with E-state index in [0.29, 0.717) is 18.6 Å². The van der Waals surface area contributed by atoms with Gasteiger partial charge in [-0.05, 0) is 44.4 Å². The van der Waals surface area contributed by atoms with Crippen LogP contribution in [0, 0.1) is 0 Å². The zero-order chi connectivity index (χ0) is 17.7. The van der Waals surface area contributed by atoms with Gasteiger partial charge < -0.3 is 0 Å². The maximum atomic E-state index is 12.7. The van der Waals surface area contributed by atoms with Gasteiger partial charge in [-0.25, -0.2) is 21.6 Å². The molecule has 1 aliphatic carbocycles. The van der Waals surface area contributed by atoms with Crippen molar-refractivity contribution in [2.45, 2.75) is 54.1 Å². The molecule has 6 nitrogen and oxygen atoms in total. The highest BCUT2D eigenvalue weighted by atomic mass is 35.5. The van der Waals surface area contributed by atoms with Crippen LogP contribution in [0.2, 0.25) is 5.02 Å². The molecule has 0 amide bonds. The van der Waals surface area contributed by atoms with Gasteiger partial charge >= 0.3 is 0 Å². The lowest BCUT2D eigenvalue weighted by atomic mass is 10.2. The van der Waals surface area contributed by atoms with Gasteiger partial charge in [0.2, 0.25) is 10.0 Å². The Morgan fingerprint density at radius 1 is 1.21 bits per heavy atom. The number of likely N-dealkylation sites (tertiary alicyclic amines) is 1. The third-order valence-corrected chi connectivity index (χ3v) is 7.69. The van der Waals surface area contributed by atoms with E-state index in [-0.39, 0.29) is 20.9 Å². The summed E-state index contributed by atoms with van der Waals surface area (Å²) < 4.78 is 51.4. The van der Waals surface area contributed by atoms with Crippen LogP contribution < -0.4 is 4.72 Å². The summed E-state index contributed by atoms with van der Waals surface area (Å²) in [5.74, 6) is 0. The fraction of sp³-hybridized carbons (Fsp3) is 0.600. The van der Waals surface area contributed by atoms with Crippen molar-refractivity contribution in [1.82, 2.24) is 9.62 Å². The molecular formula is C15H21ClN2O4S2. The first kappa shape index (κ1) is 18.1. The molecule has 3 rings (SSSR count). The van der Waals surface area contributed by atoms with Crippen molar-refractivity contribution in [2.24, 2.45) is 0 Å². The molecule has 2 unspecified atom stereocenters. The molecule has 1 saturated heterocycles. The molecule has 9 heteroatoms. The Bertz CT molecular complexity index is 850. The summed E-state index contributed by atoms with van der Waals surface area (Å²) in [4.78, 5) is 2.08. The zero-order valence-electron chi connectivity index (χ0n) is 13.6. The van der Waals surface area contributed by atoms with Gasteiger partial charge in [-0.2, -0.15) is 0 Å². The Morgan fingerprint density at radius 3 is 2.46 bits per heavy atom. The van der Waals surface area contributed by atoms with Gasteiger partial charge in [-0.1, -0.05) is 11.6 Å². The number of rotatable bonds is 5. The molecule has 1 aliphatic heterocycles. The molecule has 1 N–H and O–H groups in total. The van der Waals surface area contributed by atoms with E-state index in [1.165, 1.54) is 25.0 Å². The number of hydrogen-bond acceptors (Lipinski definition) is 5. The highest BCUT2D eigenvalue weighted by Gasteiger charge is 2.40. The van der Waals surface area contributed by atoms with E-state index >= 15 is 0 Å². The van der Waals surface area contributed by atoms with Crippen LogP contribution in [0.25, 0.3) is 0 Å². The molecule has 2 atom stereocenters. The van der Waals surface area contributed by atoms with Crippen molar-refractivity contribution >= 4 is 31.5 Å². The second kappa shape index (κ2) is 6.25. The molecule has 0 bridgehead atoms. The number of nitrogens with one attached hydrogen (secondary N) is 1. The molecule has 1 saturated carbocycles. The van der Waals surface area contributed by atoms with Crippen LogP contribution in [0.5, 0.6) is 0 Å². The van der Waals surface area contributed by atoms with Gasteiger partial charge in [0.05, 0.1) is 9.92 Å². The number of nitrogens with zero attached hydrogens (tertiary/aromatic N) is 1. The summed E-state index contributed by atoms with van der Waals surface area (Å²) in [5, 5.41) is 0.0139.